The van der Waals surface area contributed by atoms with Crippen LogP contribution in [0.15, 0.2) is 0 Å². The number of carbonyl (C=O) groups is 1. The van der Waals surface area contributed by atoms with Crippen LogP contribution in [0.5, 0.6) is 0 Å². The van der Waals surface area contributed by atoms with Crippen LogP contribution in [0.1, 0.15) is 44.9 Å². The molecule has 0 bridgehead atoms. The second-order valence-corrected chi connectivity index (χ2v) is 4.52. The van der Waals surface area contributed by atoms with Crippen LogP contribution in [-0.2, 0) is 4.79 Å². The number of rotatable bonds is 4. The largest absolute Gasteiger partial charge is 0.358 e. The minimum absolute atomic E-state index is 0.0841. The van der Waals surface area contributed by atoms with E-state index in [2.05, 4.69) is 10.6 Å². The highest BCUT2D eigenvalue weighted by Crippen LogP contribution is 2.21. The number of hydrogen-bond donors (Lipinski definition) is 2. The minimum Gasteiger partial charge on any atom is -0.358 e. The summed E-state index contributed by atoms with van der Waals surface area (Å²) in [6.07, 6.45) is 9.61. The van der Waals surface area contributed by atoms with Crippen LogP contribution >= 0.6 is 0 Å². The monoisotopic (exact) mass is 212 g/mol. The Balaban J connectivity index is 2.09. The van der Waals surface area contributed by atoms with Crippen molar-refractivity contribution in [2.45, 2.75) is 44.9 Å². The van der Waals surface area contributed by atoms with Crippen molar-refractivity contribution in [3.8, 4) is 0 Å². The van der Waals surface area contributed by atoms with Crippen molar-refractivity contribution in [3.63, 3.8) is 0 Å². The number of hydrogen-bond acceptors (Lipinski definition) is 2. The van der Waals surface area contributed by atoms with Crippen molar-refractivity contribution in [1.29, 1.82) is 0 Å². The van der Waals surface area contributed by atoms with Gasteiger partial charge in [0.25, 0.3) is 0 Å². The summed E-state index contributed by atoms with van der Waals surface area (Å²) in [7, 11) is 1.68. The Morgan fingerprint density at radius 2 is 1.73 bits per heavy atom. The molecule has 1 rings (SSSR count). The quantitative estimate of drug-likeness (QED) is 0.744. The van der Waals surface area contributed by atoms with Crippen molar-refractivity contribution >= 4 is 5.91 Å². The molecule has 0 atom stereocenters. The summed E-state index contributed by atoms with van der Waals surface area (Å²) < 4.78 is 0. The van der Waals surface area contributed by atoms with Crippen molar-refractivity contribution in [2.75, 3.05) is 20.1 Å². The molecule has 1 fully saturated rings. The van der Waals surface area contributed by atoms with Gasteiger partial charge in [0.2, 0.25) is 5.91 Å². The Morgan fingerprint density at radius 3 is 2.33 bits per heavy atom. The Kier molecular flexibility index (Phi) is 6.41. The lowest BCUT2D eigenvalue weighted by Crippen LogP contribution is -2.34. The van der Waals surface area contributed by atoms with Gasteiger partial charge in [-0.3, -0.25) is 4.79 Å². The molecule has 0 saturated heterocycles. The van der Waals surface area contributed by atoms with Crippen LogP contribution in [0.3, 0.4) is 0 Å². The van der Waals surface area contributed by atoms with Gasteiger partial charge in [-0.15, -0.1) is 0 Å². The van der Waals surface area contributed by atoms with Gasteiger partial charge in [0.1, 0.15) is 0 Å². The first-order chi connectivity index (χ1) is 7.33. The topological polar surface area (TPSA) is 41.1 Å². The Hall–Kier alpha value is -0.570. The van der Waals surface area contributed by atoms with E-state index in [1.807, 2.05) is 0 Å². The van der Waals surface area contributed by atoms with E-state index < -0.39 is 0 Å². The van der Waals surface area contributed by atoms with E-state index in [1.165, 1.54) is 44.9 Å². The van der Waals surface area contributed by atoms with Gasteiger partial charge < -0.3 is 10.6 Å². The van der Waals surface area contributed by atoms with Crippen molar-refractivity contribution < 1.29 is 4.79 Å². The third-order valence-electron chi connectivity index (χ3n) is 3.22. The van der Waals surface area contributed by atoms with Crippen LogP contribution in [0, 0.1) is 5.92 Å². The van der Waals surface area contributed by atoms with E-state index in [1.54, 1.807) is 7.05 Å². The van der Waals surface area contributed by atoms with Gasteiger partial charge in [-0.05, 0) is 25.3 Å². The summed E-state index contributed by atoms with van der Waals surface area (Å²) in [6.45, 7) is 1.47. The molecular weight excluding hydrogens is 188 g/mol. The molecule has 0 aromatic rings. The number of nitrogens with one attached hydrogen (secondary N) is 2. The first-order valence-electron chi connectivity index (χ1n) is 6.24. The molecule has 1 aliphatic carbocycles. The fraction of sp³-hybridized carbons (Fsp3) is 0.917. The summed E-state index contributed by atoms with van der Waals surface area (Å²) in [4.78, 5) is 11.0. The lowest BCUT2D eigenvalue weighted by molar-refractivity contribution is -0.119. The lowest BCUT2D eigenvalue weighted by Gasteiger charge is -2.19. The summed E-state index contributed by atoms with van der Waals surface area (Å²) in [5.41, 5.74) is 0. The van der Waals surface area contributed by atoms with Crippen LogP contribution < -0.4 is 10.6 Å². The zero-order valence-electron chi connectivity index (χ0n) is 9.85. The third-order valence-corrected chi connectivity index (χ3v) is 3.22. The molecule has 2 N–H and O–H groups in total. The van der Waals surface area contributed by atoms with Gasteiger partial charge in [0, 0.05) is 7.05 Å². The van der Waals surface area contributed by atoms with Gasteiger partial charge in [0.05, 0.1) is 6.54 Å². The fourth-order valence-electron chi connectivity index (χ4n) is 2.22. The van der Waals surface area contributed by atoms with Gasteiger partial charge in [-0.25, -0.2) is 0 Å². The highest BCUT2D eigenvalue weighted by atomic mass is 16.1. The maximum atomic E-state index is 11.0. The zero-order chi connectivity index (χ0) is 10.9. The molecule has 15 heavy (non-hydrogen) atoms. The fourth-order valence-corrected chi connectivity index (χ4v) is 2.22. The molecule has 0 heterocycles. The summed E-state index contributed by atoms with van der Waals surface area (Å²) in [5, 5.41) is 5.87. The van der Waals surface area contributed by atoms with Crippen LogP contribution in [0.2, 0.25) is 0 Å². The molecule has 0 aromatic carbocycles. The Morgan fingerprint density at radius 1 is 1.13 bits per heavy atom. The van der Waals surface area contributed by atoms with Gasteiger partial charge in [-0.2, -0.15) is 0 Å². The molecule has 88 valence electrons. The van der Waals surface area contributed by atoms with E-state index in [0.717, 1.165) is 12.5 Å². The van der Waals surface area contributed by atoms with Gasteiger partial charge in [-0.1, -0.05) is 32.1 Å². The Bertz CT molecular complexity index is 174. The molecule has 0 aromatic heterocycles. The molecule has 1 saturated carbocycles. The summed E-state index contributed by atoms with van der Waals surface area (Å²) in [6, 6.07) is 0. The number of likely N-dealkylation sites (N-methyl/N-ethyl adjacent to an activating group) is 1. The first-order valence-corrected chi connectivity index (χ1v) is 6.24. The van der Waals surface area contributed by atoms with Gasteiger partial charge >= 0.3 is 0 Å². The van der Waals surface area contributed by atoms with E-state index in [9.17, 15) is 4.79 Å². The first kappa shape index (κ1) is 12.5. The van der Waals surface area contributed by atoms with E-state index in [0.29, 0.717) is 6.54 Å². The smallest absolute Gasteiger partial charge is 0.233 e. The standard InChI is InChI=1S/C12H24N2O/c1-13-12(15)10-14-9-11-7-5-3-2-4-6-8-11/h11,14H,2-10H2,1H3,(H,13,15). The van der Waals surface area contributed by atoms with Gasteiger partial charge in [0.15, 0.2) is 0 Å². The van der Waals surface area contributed by atoms with Crippen LogP contribution in [-0.4, -0.2) is 26.0 Å². The number of amides is 1. The van der Waals surface area contributed by atoms with Crippen LogP contribution in [0.25, 0.3) is 0 Å². The summed E-state index contributed by atoms with van der Waals surface area (Å²) in [5.74, 6) is 0.871. The average Bonchev–Trinajstić information content (AvgIpc) is 2.20. The molecule has 3 heteroatoms. The molecule has 0 spiro atoms. The second-order valence-electron chi connectivity index (χ2n) is 4.52. The normalized spacial score (nSPS) is 19.3. The third kappa shape index (κ3) is 5.78. The minimum atomic E-state index is 0.0841. The summed E-state index contributed by atoms with van der Waals surface area (Å²) >= 11 is 0. The predicted octanol–water partition coefficient (Wildman–Crippen LogP) is 1.68. The van der Waals surface area contributed by atoms with Crippen molar-refractivity contribution in [2.24, 2.45) is 5.92 Å². The van der Waals surface area contributed by atoms with Crippen LogP contribution in [0.4, 0.5) is 0 Å². The number of carbonyl (C=O) groups excluding carboxylic acids is 1. The molecule has 0 unspecified atom stereocenters. The van der Waals surface area contributed by atoms with Crippen molar-refractivity contribution in [1.82, 2.24) is 10.6 Å². The SMILES string of the molecule is CNC(=O)CNCC1CCCCCCC1. The van der Waals surface area contributed by atoms with E-state index >= 15 is 0 Å². The average molecular weight is 212 g/mol. The molecular formula is C12H24N2O. The highest BCUT2D eigenvalue weighted by molar-refractivity contribution is 5.77. The maximum Gasteiger partial charge on any atom is 0.233 e. The predicted molar refractivity (Wildman–Crippen MR) is 62.7 cm³/mol. The second kappa shape index (κ2) is 7.69. The molecule has 3 nitrogen and oxygen atoms in total. The zero-order valence-corrected chi connectivity index (χ0v) is 9.85. The molecule has 0 radical (unpaired) electrons. The molecule has 0 aliphatic heterocycles. The lowest BCUT2D eigenvalue weighted by atomic mass is 9.91. The van der Waals surface area contributed by atoms with E-state index in [4.69, 9.17) is 0 Å². The molecule has 1 amide bonds. The maximum absolute atomic E-state index is 11.0. The Labute approximate surface area is 93.0 Å². The highest BCUT2D eigenvalue weighted by Gasteiger charge is 2.11. The molecule has 1 aliphatic rings. The van der Waals surface area contributed by atoms with Crippen molar-refractivity contribution in [3.05, 3.63) is 0 Å². The van der Waals surface area contributed by atoms with E-state index in [-0.39, 0.29) is 5.91 Å².